The summed E-state index contributed by atoms with van der Waals surface area (Å²) in [5, 5.41) is 6.25. The van der Waals surface area contributed by atoms with E-state index in [2.05, 4.69) is 34.5 Å². The molecule has 0 spiro atoms. The van der Waals surface area contributed by atoms with E-state index in [-0.39, 0.29) is 5.91 Å². The van der Waals surface area contributed by atoms with Crippen LogP contribution in [0.3, 0.4) is 0 Å². The van der Waals surface area contributed by atoms with E-state index in [1.165, 1.54) is 37.7 Å². The zero-order valence-corrected chi connectivity index (χ0v) is 18.6. The third kappa shape index (κ3) is 6.37. The summed E-state index contributed by atoms with van der Waals surface area (Å²) in [6.07, 6.45) is 9.01. The van der Waals surface area contributed by atoms with Crippen molar-refractivity contribution in [3.05, 3.63) is 40.9 Å². The fraction of sp³-hybridized carbons (Fsp3) is 0.583. The molecule has 1 saturated carbocycles. The van der Waals surface area contributed by atoms with Gasteiger partial charge in [0.2, 0.25) is 5.91 Å². The molecule has 1 aliphatic carbocycles. The molecule has 162 valence electrons. The SMILES string of the molecule is O=C(Cc1csc(-c2ccc(CN3CCOCC3)cc2)n1)NC1CCCCCCC1. The average molecular weight is 428 g/mol. The van der Waals surface area contributed by atoms with Crippen molar-refractivity contribution in [1.29, 1.82) is 0 Å². The fourth-order valence-corrected chi connectivity index (χ4v) is 5.16. The van der Waals surface area contributed by atoms with Crippen LogP contribution in [0.1, 0.15) is 56.2 Å². The third-order valence-electron chi connectivity index (χ3n) is 6.07. The second-order valence-electron chi connectivity index (χ2n) is 8.52. The Balaban J connectivity index is 1.29. The first-order valence-corrected chi connectivity index (χ1v) is 12.3. The average Bonchev–Trinajstić information content (AvgIpc) is 3.19. The lowest BCUT2D eigenvalue weighted by molar-refractivity contribution is -0.121. The molecule has 1 saturated heterocycles. The monoisotopic (exact) mass is 427 g/mol. The van der Waals surface area contributed by atoms with E-state index in [1.54, 1.807) is 11.3 Å². The molecule has 1 amide bonds. The Bertz CT molecular complexity index is 791. The Morgan fingerprint density at radius 2 is 1.77 bits per heavy atom. The summed E-state index contributed by atoms with van der Waals surface area (Å²) in [5.74, 6) is 0.110. The van der Waals surface area contributed by atoms with Crippen LogP contribution in [-0.2, 0) is 22.5 Å². The first-order valence-electron chi connectivity index (χ1n) is 11.4. The predicted molar refractivity (Wildman–Crippen MR) is 122 cm³/mol. The molecule has 0 unspecified atom stereocenters. The Labute approximate surface area is 183 Å². The van der Waals surface area contributed by atoms with E-state index in [0.29, 0.717) is 12.5 Å². The first-order chi connectivity index (χ1) is 14.8. The molecule has 30 heavy (non-hydrogen) atoms. The Morgan fingerprint density at radius 3 is 2.50 bits per heavy atom. The van der Waals surface area contributed by atoms with Crippen molar-refractivity contribution in [3.8, 4) is 10.6 Å². The van der Waals surface area contributed by atoms with E-state index in [4.69, 9.17) is 9.72 Å². The van der Waals surface area contributed by atoms with Crippen molar-refractivity contribution in [2.45, 2.75) is 64.0 Å². The van der Waals surface area contributed by atoms with Crippen molar-refractivity contribution in [2.75, 3.05) is 26.3 Å². The minimum Gasteiger partial charge on any atom is -0.379 e. The molecule has 2 aromatic rings. The number of aromatic nitrogens is 1. The van der Waals surface area contributed by atoms with E-state index in [1.807, 2.05) is 5.38 Å². The molecular formula is C24H33N3O2S. The van der Waals surface area contributed by atoms with Gasteiger partial charge >= 0.3 is 0 Å². The summed E-state index contributed by atoms with van der Waals surface area (Å²) in [6, 6.07) is 9.01. The maximum Gasteiger partial charge on any atom is 0.226 e. The number of morpholine rings is 1. The van der Waals surface area contributed by atoms with Gasteiger partial charge in [-0.3, -0.25) is 9.69 Å². The van der Waals surface area contributed by atoms with Crippen LogP contribution >= 0.6 is 11.3 Å². The fourth-order valence-electron chi connectivity index (χ4n) is 4.33. The third-order valence-corrected chi connectivity index (χ3v) is 7.01. The van der Waals surface area contributed by atoms with Crippen LogP contribution in [0.2, 0.25) is 0 Å². The highest BCUT2D eigenvalue weighted by Gasteiger charge is 2.16. The zero-order valence-electron chi connectivity index (χ0n) is 17.8. The van der Waals surface area contributed by atoms with Gasteiger partial charge in [-0.15, -0.1) is 11.3 Å². The molecule has 2 aliphatic rings. The summed E-state index contributed by atoms with van der Waals surface area (Å²) in [4.78, 5) is 19.6. The molecule has 0 radical (unpaired) electrons. The van der Waals surface area contributed by atoms with E-state index in [0.717, 1.165) is 62.0 Å². The molecule has 1 aromatic carbocycles. The van der Waals surface area contributed by atoms with Gasteiger partial charge in [-0.05, 0) is 18.4 Å². The molecule has 2 heterocycles. The lowest BCUT2D eigenvalue weighted by atomic mass is 9.96. The molecule has 4 rings (SSSR count). The number of amides is 1. The first kappa shape index (κ1) is 21.5. The Morgan fingerprint density at radius 1 is 1.07 bits per heavy atom. The number of rotatable bonds is 6. The van der Waals surface area contributed by atoms with Gasteiger partial charge in [0.1, 0.15) is 5.01 Å². The minimum atomic E-state index is 0.110. The van der Waals surface area contributed by atoms with Gasteiger partial charge in [0.15, 0.2) is 0 Å². The zero-order chi connectivity index (χ0) is 20.6. The summed E-state index contributed by atoms with van der Waals surface area (Å²) < 4.78 is 5.42. The van der Waals surface area contributed by atoms with Gasteiger partial charge in [-0.25, -0.2) is 4.98 Å². The highest BCUT2D eigenvalue weighted by molar-refractivity contribution is 7.13. The molecule has 1 aliphatic heterocycles. The second kappa shape index (κ2) is 11.0. The number of carbonyl (C=O) groups excluding carboxylic acids is 1. The summed E-state index contributed by atoms with van der Waals surface area (Å²) >= 11 is 1.62. The largest absolute Gasteiger partial charge is 0.379 e. The number of nitrogens with one attached hydrogen (secondary N) is 1. The maximum atomic E-state index is 12.5. The molecule has 0 bridgehead atoms. The predicted octanol–water partition coefficient (Wildman–Crippen LogP) is 4.41. The molecule has 5 nitrogen and oxygen atoms in total. The lowest BCUT2D eigenvalue weighted by Gasteiger charge is -2.26. The van der Waals surface area contributed by atoms with Crippen LogP contribution in [0.25, 0.3) is 10.6 Å². The normalized spacial score (nSPS) is 19.2. The highest BCUT2D eigenvalue weighted by atomic mass is 32.1. The van der Waals surface area contributed by atoms with Crippen molar-refractivity contribution in [2.24, 2.45) is 0 Å². The molecular weight excluding hydrogens is 394 g/mol. The molecule has 1 N–H and O–H groups in total. The van der Waals surface area contributed by atoms with Crippen LogP contribution < -0.4 is 5.32 Å². The number of hydrogen-bond acceptors (Lipinski definition) is 5. The maximum absolute atomic E-state index is 12.5. The van der Waals surface area contributed by atoms with Crippen LogP contribution in [0.15, 0.2) is 29.6 Å². The van der Waals surface area contributed by atoms with Crippen LogP contribution in [0.5, 0.6) is 0 Å². The van der Waals surface area contributed by atoms with Crippen LogP contribution in [0.4, 0.5) is 0 Å². The molecule has 0 atom stereocenters. The Kier molecular flexibility index (Phi) is 7.89. The lowest BCUT2D eigenvalue weighted by Crippen LogP contribution is -2.36. The van der Waals surface area contributed by atoms with Crippen molar-refractivity contribution in [1.82, 2.24) is 15.2 Å². The van der Waals surface area contributed by atoms with Gasteiger partial charge in [0.25, 0.3) is 0 Å². The smallest absolute Gasteiger partial charge is 0.226 e. The molecule has 2 fully saturated rings. The summed E-state index contributed by atoms with van der Waals surface area (Å²) in [7, 11) is 0. The molecule has 6 heteroatoms. The van der Waals surface area contributed by atoms with Gasteiger partial charge < -0.3 is 10.1 Å². The van der Waals surface area contributed by atoms with Crippen molar-refractivity contribution < 1.29 is 9.53 Å². The summed E-state index contributed by atoms with van der Waals surface area (Å²) in [5.41, 5.74) is 3.31. The number of thiazole rings is 1. The number of nitrogens with zero attached hydrogens (tertiary/aromatic N) is 2. The minimum absolute atomic E-state index is 0.110. The highest BCUT2D eigenvalue weighted by Crippen LogP contribution is 2.25. The van der Waals surface area contributed by atoms with Crippen molar-refractivity contribution in [3.63, 3.8) is 0 Å². The number of ether oxygens (including phenoxy) is 1. The Hall–Kier alpha value is -1.76. The van der Waals surface area contributed by atoms with Gasteiger partial charge in [0.05, 0.1) is 25.3 Å². The van der Waals surface area contributed by atoms with E-state index >= 15 is 0 Å². The second-order valence-corrected chi connectivity index (χ2v) is 9.37. The number of carbonyl (C=O) groups is 1. The van der Waals surface area contributed by atoms with E-state index < -0.39 is 0 Å². The van der Waals surface area contributed by atoms with Gasteiger partial charge in [-0.2, -0.15) is 0 Å². The van der Waals surface area contributed by atoms with Gasteiger partial charge in [0, 0.05) is 36.6 Å². The van der Waals surface area contributed by atoms with Crippen molar-refractivity contribution >= 4 is 17.2 Å². The van der Waals surface area contributed by atoms with Crippen LogP contribution in [0, 0.1) is 0 Å². The standard InChI is InChI=1S/C24H33N3O2S/c28-23(25-21-6-4-2-1-3-5-7-21)16-22-18-30-24(26-22)20-10-8-19(9-11-20)17-27-12-14-29-15-13-27/h8-11,18,21H,1-7,12-17H2,(H,25,28). The quantitative estimate of drug-likeness (QED) is 0.742. The molecule has 1 aromatic heterocycles. The van der Waals surface area contributed by atoms with Gasteiger partial charge in [-0.1, -0.05) is 56.4 Å². The van der Waals surface area contributed by atoms with E-state index in [9.17, 15) is 4.79 Å². The summed E-state index contributed by atoms with van der Waals surface area (Å²) in [6.45, 7) is 4.62. The topological polar surface area (TPSA) is 54.5 Å². The number of hydrogen-bond donors (Lipinski definition) is 1. The number of benzene rings is 1. The van der Waals surface area contributed by atoms with Crippen LogP contribution in [-0.4, -0.2) is 48.1 Å².